The zero-order chi connectivity index (χ0) is 8.97. The molecule has 1 aliphatic heterocycles. The fourth-order valence-electron chi connectivity index (χ4n) is 1.45. The van der Waals surface area contributed by atoms with Crippen LogP contribution in [0.15, 0.2) is 0 Å². The van der Waals surface area contributed by atoms with E-state index in [1.165, 1.54) is 7.11 Å². The van der Waals surface area contributed by atoms with Gasteiger partial charge in [-0.3, -0.25) is 9.69 Å². The third kappa shape index (κ3) is 2.19. The van der Waals surface area contributed by atoms with Crippen LogP contribution in [0.2, 0.25) is 0 Å². The summed E-state index contributed by atoms with van der Waals surface area (Å²) in [6, 6.07) is 0. The van der Waals surface area contributed by atoms with Gasteiger partial charge in [0.05, 0.1) is 0 Å². The molecule has 1 unspecified atom stereocenters. The van der Waals surface area contributed by atoms with Crippen LogP contribution in [0.3, 0.4) is 0 Å². The van der Waals surface area contributed by atoms with Gasteiger partial charge in [0, 0.05) is 20.2 Å². The summed E-state index contributed by atoms with van der Waals surface area (Å²) in [5, 5.41) is 0. The number of carbonyl (C=O) groups excluding carboxylic acids is 1. The van der Waals surface area contributed by atoms with Gasteiger partial charge in [-0.2, -0.15) is 0 Å². The second-order valence-corrected chi connectivity index (χ2v) is 2.89. The van der Waals surface area contributed by atoms with Gasteiger partial charge in [-0.15, -0.1) is 0 Å². The fourth-order valence-corrected chi connectivity index (χ4v) is 1.45. The molecule has 2 N–H and O–H groups in total. The lowest BCUT2D eigenvalue weighted by Crippen LogP contribution is -2.48. The molecule has 0 spiro atoms. The van der Waals surface area contributed by atoms with Gasteiger partial charge < -0.3 is 10.5 Å². The number of hydrogen-bond acceptors (Lipinski definition) is 3. The second-order valence-electron chi connectivity index (χ2n) is 2.89. The number of piperidine rings is 1. The highest BCUT2D eigenvalue weighted by Crippen LogP contribution is 2.11. The average molecular weight is 171 g/mol. The Morgan fingerprint density at radius 3 is 2.58 bits per heavy atom. The predicted octanol–water partition coefficient (Wildman–Crippen LogP) is -0.256. The molecule has 1 aliphatic rings. The van der Waals surface area contributed by atoms with Crippen molar-refractivity contribution in [2.75, 3.05) is 20.2 Å². The van der Waals surface area contributed by atoms with Gasteiger partial charge in [-0.25, -0.2) is 0 Å². The van der Waals surface area contributed by atoms with Crippen molar-refractivity contribution in [2.24, 2.45) is 5.73 Å². The molecule has 0 bridgehead atoms. The van der Waals surface area contributed by atoms with E-state index in [1.54, 1.807) is 0 Å². The minimum absolute atomic E-state index is 0.403. The molecule has 12 heavy (non-hydrogen) atoms. The zero-order valence-corrected chi connectivity index (χ0v) is 7.32. The number of amides is 1. The Balaban J connectivity index is 2.46. The Morgan fingerprint density at radius 1 is 1.58 bits per heavy atom. The van der Waals surface area contributed by atoms with Gasteiger partial charge in [0.1, 0.15) is 0 Å². The summed E-state index contributed by atoms with van der Waals surface area (Å²) in [5.41, 5.74) is 5.16. The van der Waals surface area contributed by atoms with Crippen molar-refractivity contribution >= 4 is 5.91 Å². The Bertz CT molecular complexity index is 155. The first-order chi connectivity index (χ1) is 5.75. The lowest BCUT2D eigenvalue weighted by Gasteiger charge is -2.31. The number of nitrogens with zero attached hydrogens (tertiary/aromatic N) is 1. The van der Waals surface area contributed by atoms with Crippen LogP contribution < -0.4 is 5.73 Å². The summed E-state index contributed by atoms with van der Waals surface area (Å²) in [6.07, 6.45) is 3.68. The van der Waals surface area contributed by atoms with Crippen LogP contribution in [0.5, 0.6) is 0 Å². The molecule has 0 aromatic heterocycles. The molecule has 1 saturated heterocycles. The van der Waals surface area contributed by atoms with Crippen LogP contribution in [0.25, 0.3) is 0 Å². The number of carbonyl (C=O) groups is 1. The van der Waals surface area contributed by atoms with E-state index in [9.17, 15) is 4.79 Å². The van der Waals surface area contributed by atoms with E-state index in [-0.39, 0.29) is 0 Å². The van der Waals surface area contributed by atoms with Crippen LogP contribution in [-0.4, -0.2) is 37.2 Å². The molecular weight excluding hydrogens is 156 g/mol. The number of hydrogen-bond donors (Lipinski definition) is 1. The van der Waals surface area contributed by atoms with Gasteiger partial charge in [-0.05, 0) is 19.3 Å². The van der Waals surface area contributed by atoms with Gasteiger partial charge in [-0.1, -0.05) is 0 Å². The van der Waals surface area contributed by atoms with Gasteiger partial charge in [0.2, 0.25) is 0 Å². The molecule has 1 radical (unpaired) electrons. The average Bonchev–Trinajstić information content (AvgIpc) is 2.07. The van der Waals surface area contributed by atoms with E-state index >= 15 is 0 Å². The summed E-state index contributed by atoms with van der Waals surface area (Å²) in [5.74, 6) is -0.403. The largest absolute Gasteiger partial charge is 0.366 e. The molecule has 0 aromatic rings. The molecular formula is C8H15N2O2. The van der Waals surface area contributed by atoms with Crippen LogP contribution in [0, 0.1) is 6.42 Å². The van der Waals surface area contributed by atoms with Crippen LogP contribution in [-0.2, 0) is 9.53 Å². The van der Waals surface area contributed by atoms with E-state index < -0.39 is 12.1 Å². The van der Waals surface area contributed by atoms with Crippen molar-refractivity contribution in [1.82, 2.24) is 4.90 Å². The first-order valence-corrected chi connectivity index (χ1v) is 4.13. The lowest BCUT2D eigenvalue weighted by molar-refractivity contribution is -0.140. The Labute approximate surface area is 72.7 Å². The van der Waals surface area contributed by atoms with Crippen LogP contribution >= 0.6 is 0 Å². The fraction of sp³-hybridized carbons (Fsp3) is 0.750. The molecule has 1 rings (SSSR count). The normalized spacial score (nSPS) is 22.1. The highest BCUT2D eigenvalue weighted by atomic mass is 16.5. The van der Waals surface area contributed by atoms with E-state index in [1.807, 2.05) is 4.90 Å². The quantitative estimate of drug-likeness (QED) is 0.636. The topological polar surface area (TPSA) is 55.6 Å². The minimum Gasteiger partial charge on any atom is -0.366 e. The molecule has 1 fully saturated rings. The number of rotatable bonds is 3. The molecule has 0 aromatic carbocycles. The number of likely N-dealkylation sites (tertiary alicyclic amines) is 1. The van der Waals surface area contributed by atoms with Crippen molar-refractivity contribution in [3.8, 4) is 0 Å². The maximum Gasteiger partial charge on any atom is 0.261 e. The molecule has 69 valence electrons. The maximum absolute atomic E-state index is 10.9. The summed E-state index contributed by atoms with van der Waals surface area (Å²) in [7, 11) is 1.51. The third-order valence-electron chi connectivity index (χ3n) is 2.04. The highest BCUT2D eigenvalue weighted by molar-refractivity contribution is 5.78. The Kier molecular flexibility index (Phi) is 3.49. The predicted molar refractivity (Wildman–Crippen MR) is 45.1 cm³/mol. The first kappa shape index (κ1) is 9.48. The van der Waals surface area contributed by atoms with Gasteiger partial charge >= 0.3 is 0 Å². The third-order valence-corrected chi connectivity index (χ3v) is 2.04. The van der Waals surface area contributed by atoms with Crippen LogP contribution in [0.1, 0.15) is 12.8 Å². The molecule has 4 heteroatoms. The summed E-state index contributed by atoms with van der Waals surface area (Å²) < 4.78 is 4.99. The monoisotopic (exact) mass is 171 g/mol. The van der Waals surface area contributed by atoms with E-state index in [0.717, 1.165) is 25.9 Å². The zero-order valence-electron chi connectivity index (χ0n) is 7.32. The van der Waals surface area contributed by atoms with Gasteiger partial charge in [0.15, 0.2) is 6.23 Å². The van der Waals surface area contributed by atoms with Crippen molar-refractivity contribution in [3.63, 3.8) is 0 Å². The summed E-state index contributed by atoms with van der Waals surface area (Å²) in [6.45, 7) is 1.73. The van der Waals surface area contributed by atoms with E-state index in [0.29, 0.717) is 0 Å². The summed E-state index contributed by atoms with van der Waals surface area (Å²) in [4.78, 5) is 12.8. The van der Waals surface area contributed by atoms with E-state index in [2.05, 4.69) is 6.42 Å². The Morgan fingerprint density at radius 2 is 2.17 bits per heavy atom. The smallest absolute Gasteiger partial charge is 0.261 e. The van der Waals surface area contributed by atoms with Crippen molar-refractivity contribution < 1.29 is 9.53 Å². The SMILES string of the molecule is COC(C(N)=O)N1CC[CH]CC1. The van der Waals surface area contributed by atoms with Crippen LogP contribution in [0.4, 0.5) is 0 Å². The number of nitrogens with two attached hydrogens (primary N) is 1. The minimum atomic E-state index is -0.543. The standard InChI is InChI=1S/C8H15N2O2/c1-12-8(7(9)11)10-5-3-2-4-6-10/h2,8H,3-6H2,1H3,(H2,9,11). The first-order valence-electron chi connectivity index (χ1n) is 4.13. The molecule has 4 nitrogen and oxygen atoms in total. The lowest BCUT2D eigenvalue weighted by atomic mass is 10.1. The van der Waals surface area contributed by atoms with Crippen molar-refractivity contribution in [1.29, 1.82) is 0 Å². The molecule has 1 amide bonds. The van der Waals surface area contributed by atoms with Gasteiger partial charge in [0.25, 0.3) is 5.91 Å². The van der Waals surface area contributed by atoms with Crippen molar-refractivity contribution in [2.45, 2.75) is 19.1 Å². The molecule has 0 saturated carbocycles. The summed E-state index contributed by atoms with van der Waals surface area (Å²) >= 11 is 0. The molecule has 0 aliphatic carbocycles. The second kappa shape index (κ2) is 4.42. The molecule has 1 atom stereocenters. The van der Waals surface area contributed by atoms with E-state index in [4.69, 9.17) is 10.5 Å². The van der Waals surface area contributed by atoms with Crippen molar-refractivity contribution in [3.05, 3.63) is 6.42 Å². The number of primary amides is 1. The maximum atomic E-state index is 10.9. The highest BCUT2D eigenvalue weighted by Gasteiger charge is 2.24. The molecule has 1 heterocycles. The Hall–Kier alpha value is -0.610. The number of ether oxygens (including phenoxy) is 1. The number of methoxy groups -OCH3 is 1.